The van der Waals surface area contributed by atoms with Gasteiger partial charge in [0, 0.05) is 12.6 Å². The summed E-state index contributed by atoms with van der Waals surface area (Å²) >= 11 is 0. The molecule has 1 saturated heterocycles. The number of carbonyl (C=O) groups is 1. The highest BCUT2D eigenvalue weighted by atomic mass is 32.2. The number of amides is 1. The molecule has 2 heterocycles. The van der Waals surface area contributed by atoms with E-state index in [0.29, 0.717) is 37.6 Å². The van der Waals surface area contributed by atoms with Crippen LogP contribution < -0.4 is 19.1 Å². The number of carbonyl (C=O) groups excluding carboxylic acids is 1. The van der Waals surface area contributed by atoms with E-state index >= 15 is 0 Å². The summed E-state index contributed by atoms with van der Waals surface area (Å²) in [5.74, 6) is 1.58. The van der Waals surface area contributed by atoms with Crippen LogP contribution in [0, 0.1) is 5.92 Å². The molecule has 2 aliphatic rings. The Kier molecular flexibility index (Phi) is 6.41. The average Bonchev–Trinajstić information content (AvgIpc) is 3.14. The summed E-state index contributed by atoms with van der Waals surface area (Å²) in [4.78, 5) is 12.6. The Morgan fingerprint density at radius 3 is 2.44 bits per heavy atom. The molecule has 1 N–H and O–H groups in total. The van der Waals surface area contributed by atoms with E-state index in [9.17, 15) is 13.2 Å². The molecule has 0 saturated carbocycles. The molecule has 7 nitrogen and oxygen atoms in total. The van der Waals surface area contributed by atoms with Gasteiger partial charge in [-0.3, -0.25) is 9.10 Å². The van der Waals surface area contributed by atoms with Crippen molar-refractivity contribution in [1.82, 2.24) is 5.32 Å². The molecule has 4 rings (SSSR count). The molecular weight excluding hydrogens is 428 g/mol. The number of hydrogen-bond donors (Lipinski definition) is 1. The van der Waals surface area contributed by atoms with Crippen molar-refractivity contribution in [1.29, 1.82) is 0 Å². The summed E-state index contributed by atoms with van der Waals surface area (Å²) in [6.45, 7) is 5.67. The third kappa shape index (κ3) is 4.91. The molecule has 2 aromatic carbocycles. The quantitative estimate of drug-likeness (QED) is 0.673. The number of fused-ring (bicyclic) bond motifs is 1. The monoisotopic (exact) mass is 456 g/mol. The molecule has 2 aromatic rings. The van der Waals surface area contributed by atoms with Crippen LogP contribution in [0.25, 0.3) is 6.08 Å². The van der Waals surface area contributed by atoms with E-state index in [1.165, 1.54) is 10.4 Å². The second kappa shape index (κ2) is 9.24. The fraction of sp³-hybridized carbons (Fsp3) is 0.375. The zero-order valence-corrected chi connectivity index (χ0v) is 19.1. The van der Waals surface area contributed by atoms with Crippen molar-refractivity contribution in [3.05, 3.63) is 59.7 Å². The zero-order chi connectivity index (χ0) is 22.7. The van der Waals surface area contributed by atoms with E-state index in [-0.39, 0.29) is 23.6 Å². The third-order valence-electron chi connectivity index (χ3n) is 5.60. The van der Waals surface area contributed by atoms with Crippen molar-refractivity contribution >= 4 is 27.7 Å². The summed E-state index contributed by atoms with van der Waals surface area (Å²) in [7, 11) is -3.20. The maximum absolute atomic E-state index is 12.6. The van der Waals surface area contributed by atoms with E-state index in [2.05, 4.69) is 19.2 Å². The van der Waals surface area contributed by atoms with E-state index in [1.807, 2.05) is 30.3 Å². The van der Waals surface area contributed by atoms with Gasteiger partial charge in [-0.05, 0) is 53.8 Å². The minimum atomic E-state index is -3.20. The predicted octanol–water partition coefficient (Wildman–Crippen LogP) is 3.52. The number of sulfonamides is 1. The van der Waals surface area contributed by atoms with Crippen molar-refractivity contribution in [2.45, 2.75) is 26.3 Å². The number of hydrogen-bond acceptors (Lipinski definition) is 5. The van der Waals surface area contributed by atoms with Gasteiger partial charge in [-0.25, -0.2) is 8.42 Å². The van der Waals surface area contributed by atoms with Crippen molar-refractivity contribution in [3.63, 3.8) is 0 Å². The van der Waals surface area contributed by atoms with Crippen LogP contribution in [0.15, 0.2) is 48.5 Å². The van der Waals surface area contributed by atoms with Crippen LogP contribution >= 0.6 is 0 Å². The number of nitrogens with zero attached hydrogens (tertiary/aromatic N) is 1. The SMILES string of the molecule is CC(C)C(NC(=O)/C=C/c1ccc(N2CCCS2(=O)=O)cc1)c1ccc2c(c1)OCCO2. The van der Waals surface area contributed by atoms with Gasteiger partial charge in [0.05, 0.1) is 17.5 Å². The zero-order valence-electron chi connectivity index (χ0n) is 18.3. The molecule has 170 valence electrons. The molecule has 0 aliphatic carbocycles. The summed E-state index contributed by atoms with van der Waals surface area (Å²) in [5, 5.41) is 3.07. The normalized spacial score (nSPS) is 18.2. The van der Waals surface area contributed by atoms with Gasteiger partial charge in [0.1, 0.15) is 13.2 Å². The van der Waals surface area contributed by atoms with Crippen LogP contribution in [0.3, 0.4) is 0 Å². The van der Waals surface area contributed by atoms with E-state index in [4.69, 9.17) is 9.47 Å². The molecule has 1 unspecified atom stereocenters. The van der Waals surface area contributed by atoms with Gasteiger partial charge in [-0.2, -0.15) is 0 Å². The van der Waals surface area contributed by atoms with Crippen LogP contribution in [0.5, 0.6) is 11.5 Å². The Hall–Kier alpha value is -3.00. The second-order valence-corrected chi connectivity index (χ2v) is 10.3. The smallest absolute Gasteiger partial charge is 0.244 e. The van der Waals surface area contributed by atoms with E-state index < -0.39 is 10.0 Å². The number of anilines is 1. The van der Waals surface area contributed by atoms with E-state index in [1.54, 1.807) is 18.2 Å². The number of rotatable bonds is 6. The van der Waals surface area contributed by atoms with Gasteiger partial charge in [0.2, 0.25) is 15.9 Å². The molecule has 1 atom stereocenters. The summed E-state index contributed by atoms with van der Waals surface area (Å²) in [6, 6.07) is 12.7. The second-order valence-electron chi connectivity index (χ2n) is 8.30. The lowest BCUT2D eigenvalue weighted by Crippen LogP contribution is -2.30. The van der Waals surface area contributed by atoms with Gasteiger partial charge in [0.25, 0.3) is 0 Å². The minimum Gasteiger partial charge on any atom is -0.486 e. The summed E-state index contributed by atoms with van der Waals surface area (Å²) in [6.07, 6.45) is 3.86. The van der Waals surface area contributed by atoms with Crippen LogP contribution in [0.1, 0.15) is 37.4 Å². The average molecular weight is 457 g/mol. The third-order valence-corrected chi connectivity index (χ3v) is 7.47. The van der Waals surface area contributed by atoms with Crippen LogP contribution in [0.2, 0.25) is 0 Å². The molecule has 1 fully saturated rings. The molecular formula is C24H28N2O5S. The van der Waals surface area contributed by atoms with Crippen LogP contribution in [-0.4, -0.2) is 39.8 Å². The fourth-order valence-corrected chi connectivity index (χ4v) is 5.51. The van der Waals surface area contributed by atoms with Gasteiger partial charge in [0.15, 0.2) is 11.5 Å². The highest BCUT2D eigenvalue weighted by Crippen LogP contribution is 2.34. The van der Waals surface area contributed by atoms with E-state index in [0.717, 1.165) is 16.9 Å². The van der Waals surface area contributed by atoms with Crippen molar-refractivity contribution in [3.8, 4) is 11.5 Å². The summed E-state index contributed by atoms with van der Waals surface area (Å²) < 4.78 is 36.8. The molecule has 1 amide bonds. The fourth-order valence-electron chi connectivity index (χ4n) is 3.94. The van der Waals surface area contributed by atoms with Crippen LogP contribution in [0.4, 0.5) is 5.69 Å². The Bertz CT molecular complexity index is 1110. The Morgan fingerprint density at radius 2 is 1.78 bits per heavy atom. The lowest BCUT2D eigenvalue weighted by atomic mass is 9.95. The summed E-state index contributed by atoms with van der Waals surface area (Å²) in [5.41, 5.74) is 2.44. The molecule has 8 heteroatoms. The molecule has 0 bridgehead atoms. The Morgan fingerprint density at radius 1 is 1.06 bits per heavy atom. The lowest BCUT2D eigenvalue weighted by molar-refractivity contribution is -0.117. The number of ether oxygens (including phenoxy) is 2. The Labute approximate surface area is 189 Å². The standard InChI is InChI=1S/C24H28N2O5S/c1-17(2)24(19-7-10-21-22(16-19)31-14-13-30-21)25-23(27)11-6-18-4-8-20(9-5-18)26-12-3-15-32(26,28)29/h4-11,16-17,24H,3,12-15H2,1-2H3,(H,25,27)/b11-6+. The first kappa shape index (κ1) is 22.2. The van der Waals surface area contributed by atoms with Gasteiger partial charge < -0.3 is 14.8 Å². The first-order chi connectivity index (χ1) is 15.3. The molecule has 0 radical (unpaired) electrons. The van der Waals surface area contributed by atoms with Gasteiger partial charge >= 0.3 is 0 Å². The first-order valence-electron chi connectivity index (χ1n) is 10.8. The molecule has 2 aliphatic heterocycles. The van der Waals surface area contributed by atoms with Crippen molar-refractivity contribution < 1.29 is 22.7 Å². The van der Waals surface area contributed by atoms with Crippen molar-refractivity contribution in [2.24, 2.45) is 5.92 Å². The Balaban J connectivity index is 1.42. The number of benzene rings is 2. The minimum absolute atomic E-state index is 0.175. The maximum Gasteiger partial charge on any atom is 0.244 e. The molecule has 0 aromatic heterocycles. The lowest BCUT2D eigenvalue weighted by Gasteiger charge is -2.25. The van der Waals surface area contributed by atoms with Gasteiger partial charge in [-0.15, -0.1) is 0 Å². The maximum atomic E-state index is 12.6. The highest BCUT2D eigenvalue weighted by molar-refractivity contribution is 7.93. The molecule has 0 spiro atoms. The highest BCUT2D eigenvalue weighted by Gasteiger charge is 2.28. The van der Waals surface area contributed by atoms with Crippen LogP contribution in [-0.2, 0) is 14.8 Å². The topological polar surface area (TPSA) is 84.9 Å². The van der Waals surface area contributed by atoms with Crippen molar-refractivity contribution in [2.75, 3.05) is 29.8 Å². The largest absolute Gasteiger partial charge is 0.486 e. The molecule has 32 heavy (non-hydrogen) atoms. The first-order valence-corrected chi connectivity index (χ1v) is 12.4. The number of nitrogens with one attached hydrogen (secondary N) is 1. The predicted molar refractivity (Wildman–Crippen MR) is 124 cm³/mol. The van der Waals surface area contributed by atoms with Gasteiger partial charge in [-0.1, -0.05) is 32.0 Å².